The minimum atomic E-state index is 0. The van der Waals surface area contributed by atoms with Gasteiger partial charge in [0, 0.05) is 40.3 Å². The number of ether oxygens (including phenoxy) is 1. The van der Waals surface area contributed by atoms with E-state index in [0.29, 0.717) is 0 Å². The molecule has 0 bridgehead atoms. The van der Waals surface area contributed by atoms with Crippen LogP contribution in [0.2, 0.25) is 0 Å². The highest BCUT2D eigenvalue weighted by molar-refractivity contribution is 14.0. The number of likely N-dealkylation sites (tertiary alicyclic amines) is 1. The van der Waals surface area contributed by atoms with Gasteiger partial charge in [-0.05, 0) is 44.2 Å². The van der Waals surface area contributed by atoms with E-state index in [4.69, 9.17) is 4.74 Å². The maximum Gasteiger partial charge on any atom is 0.193 e. The second-order valence-electron chi connectivity index (χ2n) is 6.42. The first kappa shape index (κ1) is 20.0. The van der Waals surface area contributed by atoms with Gasteiger partial charge < -0.3 is 19.9 Å². The van der Waals surface area contributed by atoms with Gasteiger partial charge in [0.05, 0.1) is 6.61 Å². The molecule has 2 aliphatic rings. The van der Waals surface area contributed by atoms with Crippen molar-refractivity contribution >= 4 is 29.9 Å². The molecule has 1 aliphatic heterocycles. The highest BCUT2D eigenvalue weighted by Crippen LogP contribution is 2.28. The maximum absolute atomic E-state index is 5.70. The highest BCUT2D eigenvalue weighted by atomic mass is 127. The lowest BCUT2D eigenvalue weighted by molar-refractivity contribution is 0.115. The summed E-state index contributed by atoms with van der Waals surface area (Å²) in [6.07, 6.45) is 4.01. The van der Waals surface area contributed by atoms with E-state index in [2.05, 4.69) is 34.1 Å². The third-order valence-corrected chi connectivity index (χ3v) is 4.56. The molecular weight excluding hydrogens is 391 g/mol. The zero-order chi connectivity index (χ0) is 15.1. The third-order valence-electron chi connectivity index (χ3n) is 4.56. The van der Waals surface area contributed by atoms with Gasteiger partial charge >= 0.3 is 0 Å². The number of hydrogen-bond acceptors (Lipinski definition) is 3. The van der Waals surface area contributed by atoms with Crippen LogP contribution >= 0.6 is 24.0 Å². The summed E-state index contributed by atoms with van der Waals surface area (Å²) in [5.41, 5.74) is 0. The van der Waals surface area contributed by atoms with E-state index in [-0.39, 0.29) is 24.0 Å². The second-order valence-corrected chi connectivity index (χ2v) is 6.42. The van der Waals surface area contributed by atoms with Crippen LogP contribution in [-0.4, -0.2) is 75.8 Å². The van der Waals surface area contributed by atoms with Gasteiger partial charge in [-0.1, -0.05) is 6.92 Å². The van der Waals surface area contributed by atoms with E-state index in [1.165, 1.54) is 38.9 Å². The molecule has 1 unspecified atom stereocenters. The number of nitrogens with one attached hydrogen (secondary N) is 1. The Labute approximate surface area is 152 Å². The summed E-state index contributed by atoms with van der Waals surface area (Å²) in [6.45, 7) is 9.53. The van der Waals surface area contributed by atoms with Gasteiger partial charge in [-0.2, -0.15) is 0 Å². The molecule has 0 amide bonds. The smallest absolute Gasteiger partial charge is 0.193 e. The topological polar surface area (TPSA) is 40.1 Å². The SMILES string of the molecule is CCN1CCC(CNC(=NC)N(C)CCOCC2CC2)C1.I. The molecule has 6 heteroatoms. The van der Waals surface area contributed by atoms with Crippen LogP contribution in [0.3, 0.4) is 0 Å². The molecule has 1 saturated heterocycles. The van der Waals surface area contributed by atoms with Crippen LogP contribution in [0, 0.1) is 11.8 Å². The molecule has 1 saturated carbocycles. The zero-order valence-corrected chi connectivity index (χ0v) is 16.7. The highest BCUT2D eigenvalue weighted by Gasteiger charge is 2.22. The Balaban J connectivity index is 0.00000242. The quantitative estimate of drug-likeness (QED) is 0.280. The molecule has 130 valence electrons. The van der Waals surface area contributed by atoms with Crippen LogP contribution in [-0.2, 0) is 4.74 Å². The first-order chi connectivity index (χ1) is 10.2. The lowest BCUT2D eigenvalue weighted by atomic mass is 10.1. The van der Waals surface area contributed by atoms with E-state index < -0.39 is 0 Å². The molecule has 22 heavy (non-hydrogen) atoms. The Morgan fingerprint density at radius 2 is 2.09 bits per heavy atom. The van der Waals surface area contributed by atoms with Crippen molar-refractivity contribution in [1.29, 1.82) is 0 Å². The van der Waals surface area contributed by atoms with Crippen molar-refractivity contribution in [1.82, 2.24) is 15.1 Å². The lowest BCUT2D eigenvalue weighted by Gasteiger charge is -2.23. The normalized spacial score (nSPS) is 22.5. The van der Waals surface area contributed by atoms with Crippen molar-refractivity contribution in [3.05, 3.63) is 0 Å². The molecule has 0 spiro atoms. The monoisotopic (exact) mass is 424 g/mol. The number of guanidine groups is 1. The Morgan fingerprint density at radius 1 is 1.32 bits per heavy atom. The summed E-state index contributed by atoms with van der Waals surface area (Å²) in [6, 6.07) is 0. The maximum atomic E-state index is 5.70. The molecule has 5 nitrogen and oxygen atoms in total. The van der Waals surface area contributed by atoms with E-state index in [0.717, 1.165) is 44.1 Å². The Kier molecular flexibility index (Phi) is 9.66. The number of halogens is 1. The molecule has 0 aromatic carbocycles. The lowest BCUT2D eigenvalue weighted by Crippen LogP contribution is -2.42. The number of hydrogen-bond donors (Lipinski definition) is 1. The molecule has 2 fully saturated rings. The van der Waals surface area contributed by atoms with Crippen molar-refractivity contribution < 1.29 is 4.74 Å². The predicted octanol–water partition coefficient (Wildman–Crippen LogP) is 1.88. The Bertz CT molecular complexity index is 336. The fourth-order valence-corrected chi connectivity index (χ4v) is 2.83. The van der Waals surface area contributed by atoms with Crippen LogP contribution in [0.15, 0.2) is 4.99 Å². The van der Waals surface area contributed by atoms with Gasteiger partial charge in [0.1, 0.15) is 0 Å². The average molecular weight is 424 g/mol. The van der Waals surface area contributed by atoms with Crippen LogP contribution in [0.4, 0.5) is 0 Å². The van der Waals surface area contributed by atoms with E-state index in [1.807, 2.05) is 7.05 Å². The molecule has 1 atom stereocenters. The number of likely N-dealkylation sites (N-methyl/N-ethyl adjacent to an activating group) is 1. The standard InChI is InChI=1S/C16H32N4O.HI/c1-4-20-8-7-15(12-20)11-18-16(17-2)19(3)9-10-21-13-14-5-6-14;/h14-15H,4-13H2,1-3H3,(H,17,18);1H. The Morgan fingerprint density at radius 3 is 2.68 bits per heavy atom. The van der Waals surface area contributed by atoms with E-state index >= 15 is 0 Å². The number of aliphatic imine (C=N–C) groups is 1. The molecule has 1 N–H and O–H groups in total. The summed E-state index contributed by atoms with van der Waals surface area (Å²) in [5.74, 6) is 2.58. The fraction of sp³-hybridized carbons (Fsp3) is 0.938. The van der Waals surface area contributed by atoms with Gasteiger partial charge in [0.2, 0.25) is 0 Å². The molecule has 1 heterocycles. The summed E-state index contributed by atoms with van der Waals surface area (Å²) >= 11 is 0. The summed E-state index contributed by atoms with van der Waals surface area (Å²) in [5, 5.41) is 3.51. The molecule has 1 aliphatic carbocycles. The van der Waals surface area contributed by atoms with Crippen molar-refractivity contribution in [2.75, 3.05) is 60.0 Å². The average Bonchev–Trinajstić information content (AvgIpc) is 3.21. The van der Waals surface area contributed by atoms with Gasteiger partial charge in [-0.15, -0.1) is 24.0 Å². The third kappa shape index (κ3) is 7.00. The molecule has 0 aromatic rings. The first-order valence-corrected chi connectivity index (χ1v) is 8.44. The van der Waals surface area contributed by atoms with Crippen molar-refractivity contribution in [3.63, 3.8) is 0 Å². The van der Waals surface area contributed by atoms with Gasteiger partial charge in [-0.25, -0.2) is 0 Å². The van der Waals surface area contributed by atoms with Crippen molar-refractivity contribution in [3.8, 4) is 0 Å². The minimum Gasteiger partial charge on any atom is -0.379 e. The van der Waals surface area contributed by atoms with Crippen LogP contribution < -0.4 is 5.32 Å². The van der Waals surface area contributed by atoms with E-state index in [9.17, 15) is 0 Å². The minimum absolute atomic E-state index is 0. The van der Waals surface area contributed by atoms with Crippen molar-refractivity contribution in [2.45, 2.75) is 26.2 Å². The zero-order valence-electron chi connectivity index (χ0n) is 14.4. The largest absolute Gasteiger partial charge is 0.379 e. The first-order valence-electron chi connectivity index (χ1n) is 8.44. The summed E-state index contributed by atoms with van der Waals surface area (Å²) < 4.78 is 5.70. The molecular formula is C16H33IN4O. The molecule has 0 aromatic heterocycles. The van der Waals surface area contributed by atoms with Gasteiger partial charge in [0.25, 0.3) is 0 Å². The number of rotatable bonds is 8. The second kappa shape index (κ2) is 10.6. The molecule has 2 rings (SSSR count). The van der Waals surface area contributed by atoms with E-state index in [1.54, 1.807) is 0 Å². The van der Waals surface area contributed by atoms with Crippen LogP contribution in [0.25, 0.3) is 0 Å². The Hall–Kier alpha value is -0.0800. The van der Waals surface area contributed by atoms with Crippen LogP contribution in [0.5, 0.6) is 0 Å². The van der Waals surface area contributed by atoms with Crippen LogP contribution in [0.1, 0.15) is 26.2 Å². The number of nitrogens with zero attached hydrogens (tertiary/aromatic N) is 3. The predicted molar refractivity (Wildman–Crippen MR) is 103 cm³/mol. The van der Waals surface area contributed by atoms with Gasteiger partial charge in [0.15, 0.2) is 5.96 Å². The summed E-state index contributed by atoms with van der Waals surface area (Å²) in [7, 11) is 3.94. The van der Waals surface area contributed by atoms with Crippen molar-refractivity contribution in [2.24, 2.45) is 16.8 Å². The van der Waals surface area contributed by atoms with Gasteiger partial charge in [-0.3, -0.25) is 4.99 Å². The fourth-order valence-electron chi connectivity index (χ4n) is 2.83. The summed E-state index contributed by atoms with van der Waals surface area (Å²) in [4.78, 5) is 9.06. The molecule has 0 radical (unpaired) electrons.